The fourth-order valence-electron chi connectivity index (χ4n) is 1.71. The predicted octanol–water partition coefficient (Wildman–Crippen LogP) is -0.175. The van der Waals surface area contributed by atoms with Gasteiger partial charge in [0.15, 0.2) is 0 Å². The van der Waals surface area contributed by atoms with Gasteiger partial charge in [-0.15, -0.1) is 5.10 Å². The van der Waals surface area contributed by atoms with E-state index in [9.17, 15) is 9.59 Å². The smallest absolute Gasteiger partial charge is 0.437 e. The molecule has 8 nitrogen and oxygen atoms in total. The molecule has 2 rings (SSSR count). The van der Waals surface area contributed by atoms with Crippen LogP contribution in [0.4, 0.5) is 4.79 Å². The molecule has 1 aliphatic rings. The zero-order valence-electron chi connectivity index (χ0n) is 10.1. The fraction of sp³-hybridized carbons (Fsp3) is 0.700. The van der Waals surface area contributed by atoms with Crippen molar-refractivity contribution in [3.05, 3.63) is 16.4 Å². The van der Waals surface area contributed by atoms with Crippen LogP contribution in [0.1, 0.15) is 12.3 Å². The van der Waals surface area contributed by atoms with Gasteiger partial charge in [-0.05, 0) is 6.42 Å². The molecule has 0 atom stereocenters. The third kappa shape index (κ3) is 2.89. The van der Waals surface area contributed by atoms with Crippen LogP contribution in [0.15, 0.2) is 9.21 Å². The molecular formula is C10H15N3O5. The van der Waals surface area contributed by atoms with Crippen molar-refractivity contribution >= 4 is 6.09 Å². The number of aryl methyl sites for hydroxylation is 1. The topological polar surface area (TPSA) is 86.8 Å². The molecule has 0 aromatic carbocycles. The molecule has 0 bridgehead atoms. The van der Waals surface area contributed by atoms with Gasteiger partial charge in [0.05, 0.1) is 6.54 Å². The summed E-state index contributed by atoms with van der Waals surface area (Å²) in [5, 5.41) is 3.96. The first kappa shape index (κ1) is 12.6. The Morgan fingerprint density at radius 1 is 1.39 bits per heavy atom. The number of hydrogen-bond acceptors (Lipinski definition) is 6. The van der Waals surface area contributed by atoms with Gasteiger partial charge in [0.1, 0.15) is 13.2 Å². The quantitative estimate of drug-likeness (QED) is 0.703. The number of aromatic nitrogens is 2. The molecule has 0 radical (unpaired) electrons. The van der Waals surface area contributed by atoms with Crippen molar-refractivity contribution in [3.8, 4) is 0 Å². The van der Waals surface area contributed by atoms with Gasteiger partial charge in [0.25, 0.3) is 0 Å². The number of amides is 1. The summed E-state index contributed by atoms with van der Waals surface area (Å²) in [6.07, 6.45) is 0.316. The van der Waals surface area contributed by atoms with Crippen LogP contribution < -0.4 is 5.76 Å². The van der Waals surface area contributed by atoms with Gasteiger partial charge in [0, 0.05) is 20.2 Å². The van der Waals surface area contributed by atoms with Gasteiger partial charge >= 0.3 is 11.8 Å². The van der Waals surface area contributed by atoms with Crippen LogP contribution in [-0.2, 0) is 22.6 Å². The van der Waals surface area contributed by atoms with E-state index in [0.717, 1.165) is 0 Å². The second-order valence-electron chi connectivity index (χ2n) is 3.87. The zero-order chi connectivity index (χ0) is 13.0. The molecule has 0 unspecified atom stereocenters. The SMILES string of the molecule is COCc1nn(CCCN2CCOC2=O)c(=O)o1. The average Bonchev–Trinajstić information content (AvgIpc) is 2.88. The summed E-state index contributed by atoms with van der Waals surface area (Å²) >= 11 is 0. The zero-order valence-corrected chi connectivity index (χ0v) is 10.1. The van der Waals surface area contributed by atoms with E-state index in [1.807, 2.05) is 0 Å². The summed E-state index contributed by atoms with van der Waals surface area (Å²) in [6.45, 7) is 2.14. The van der Waals surface area contributed by atoms with Crippen molar-refractivity contribution in [2.24, 2.45) is 0 Å². The lowest BCUT2D eigenvalue weighted by Crippen LogP contribution is -2.27. The number of nitrogens with zero attached hydrogens (tertiary/aromatic N) is 3. The van der Waals surface area contributed by atoms with E-state index in [-0.39, 0.29) is 18.6 Å². The van der Waals surface area contributed by atoms with E-state index >= 15 is 0 Å². The molecule has 2 heterocycles. The van der Waals surface area contributed by atoms with Gasteiger partial charge in [-0.1, -0.05) is 0 Å². The standard InChI is InChI=1S/C10H15N3O5/c1-16-7-8-11-13(10(15)18-8)4-2-3-12-5-6-17-9(12)14/h2-7H2,1H3. The van der Waals surface area contributed by atoms with E-state index in [0.29, 0.717) is 32.7 Å². The van der Waals surface area contributed by atoms with Gasteiger partial charge < -0.3 is 18.8 Å². The molecule has 0 saturated carbocycles. The minimum absolute atomic E-state index is 0.167. The second kappa shape index (κ2) is 5.67. The molecule has 1 saturated heterocycles. The van der Waals surface area contributed by atoms with Crippen LogP contribution in [0.5, 0.6) is 0 Å². The first-order chi connectivity index (χ1) is 8.70. The van der Waals surface area contributed by atoms with Crippen LogP contribution in [0, 0.1) is 0 Å². The number of ether oxygens (including phenoxy) is 2. The molecule has 0 N–H and O–H groups in total. The number of rotatable bonds is 6. The summed E-state index contributed by atoms with van der Waals surface area (Å²) in [4.78, 5) is 24.1. The molecule has 0 aliphatic carbocycles. The molecule has 18 heavy (non-hydrogen) atoms. The fourth-order valence-corrected chi connectivity index (χ4v) is 1.71. The number of carbonyl (C=O) groups excluding carboxylic acids is 1. The first-order valence-corrected chi connectivity index (χ1v) is 5.68. The lowest BCUT2D eigenvalue weighted by atomic mass is 10.4. The Morgan fingerprint density at radius 2 is 2.22 bits per heavy atom. The van der Waals surface area contributed by atoms with Crippen molar-refractivity contribution < 1.29 is 18.7 Å². The van der Waals surface area contributed by atoms with Crippen LogP contribution in [0.2, 0.25) is 0 Å². The van der Waals surface area contributed by atoms with Crippen LogP contribution in [0.25, 0.3) is 0 Å². The molecule has 1 amide bonds. The Bertz CT molecular complexity index is 466. The van der Waals surface area contributed by atoms with E-state index < -0.39 is 5.76 Å². The van der Waals surface area contributed by atoms with E-state index in [2.05, 4.69) is 5.10 Å². The highest BCUT2D eigenvalue weighted by Crippen LogP contribution is 2.04. The summed E-state index contributed by atoms with van der Waals surface area (Å²) in [5.74, 6) is -0.255. The van der Waals surface area contributed by atoms with Gasteiger partial charge in [0.2, 0.25) is 5.89 Å². The molecule has 1 aromatic heterocycles. The molecular weight excluding hydrogens is 242 g/mol. The molecule has 1 fully saturated rings. The lowest BCUT2D eigenvalue weighted by Gasteiger charge is -2.11. The number of cyclic esters (lactones) is 1. The van der Waals surface area contributed by atoms with Crippen LogP contribution in [0.3, 0.4) is 0 Å². The third-order valence-electron chi connectivity index (χ3n) is 2.56. The number of carbonyl (C=O) groups is 1. The van der Waals surface area contributed by atoms with Crippen molar-refractivity contribution in [2.45, 2.75) is 19.6 Å². The maximum absolute atomic E-state index is 11.4. The lowest BCUT2D eigenvalue weighted by molar-refractivity contribution is 0.157. The Balaban J connectivity index is 1.82. The molecule has 100 valence electrons. The summed E-state index contributed by atoms with van der Waals surface area (Å²) in [5.41, 5.74) is 0. The average molecular weight is 257 g/mol. The van der Waals surface area contributed by atoms with E-state index in [4.69, 9.17) is 13.9 Å². The highest BCUT2D eigenvalue weighted by molar-refractivity contribution is 5.69. The minimum atomic E-state index is -0.508. The summed E-state index contributed by atoms with van der Waals surface area (Å²) in [7, 11) is 1.50. The second-order valence-corrected chi connectivity index (χ2v) is 3.87. The van der Waals surface area contributed by atoms with Crippen molar-refractivity contribution in [1.29, 1.82) is 0 Å². The van der Waals surface area contributed by atoms with Crippen LogP contribution >= 0.6 is 0 Å². The Kier molecular flexibility index (Phi) is 3.98. The Morgan fingerprint density at radius 3 is 2.89 bits per heavy atom. The Hall–Kier alpha value is -1.83. The number of hydrogen-bond donors (Lipinski definition) is 0. The number of methoxy groups -OCH3 is 1. The Labute approximate surface area is 103 Å². The molecule has 0 spiro atoms. The van der Waals surface area contributed by atoms with Gasteiger partial charge in [-0.25, -0.2) is 9.59 Å². The van der Waals surface area contributed by atoms with Gasteiger partial charge in [-0.3, -0.25) is 0 Å². The maximum Gasteiger partial charge on any atom is 0.437 e. The normalized spacial score (nSPS) is 15.2. The molecule has 1 aromatic rings. The highest BCUT2D eigenvalue weighted by Gasteiger charge is 2.21. The highest BCUT2D eigenvalue weighted by atomic mass is 16.6. The van der Waals surface area contributed by atoms with E-state index in [1.165, 1.54) is 11.8 Å². The molecule has 1 aliphatic heterocycles. The van der Waals surface area contributed by atoms with E-state index in [1.54, 1.807) is 4.90 Å². The first-order valence-electron chi connectivity index (χ1n) is 5.68. The van der Waals surface area contributed by atoms with Crippen LogP contribution in [-0.4, -0.2) is 47.6 Å². The molecule has 8 heteroatoms. The van der Waals surface area contributed by atoms with Crippen molar-refractivity contribution in [2.75, 3.05) is 26.8 Å². The largest absolute Gasteiger partial charge is 0.448 e. The monoisotopic (exact) mass is 257 g/mol. The summed E-state index contributed by atoms with van der Waals surface area (Å²) < 4.78 is 15.7. The third-order valence-corrected chi connectivity index (χ3v) is 2.56. The predicted molar refractivity (Wildman–Crippen MR) is 59.0 cm³/mol. The maximum atomic E-state index is 11.4. The summed E-state index contributed by atoms with van der Waals surface area (Å²) in [6, 6.07) is 0. The van der Waals surface area contributed by atoms with Crippen molar-refractivity contribution in [3.63, 3.8) is 0 Å². The van der Waals surface area contributed by atoms with Crippen molar-refractivity contribution in [1.82, 2.24) is 14.7 Å². The van der Waals surface area contributed by atoms with Gasteiger partial charge in [-0.2, -0.15) is 4.68 Å². The minimum Gasteiger partial charge on any atom is -0.448 e.